The van der Waals surface area contributed by atoms with Crippen molar-refractivity contribution in [3.63, 3.8) is 0 Å². The Morgan fingerprint density at radius 3 is 2.44 bits per heavy atom. The molecule has 0 bridgehead atoms. The fraction of sp³-hybridized carbons (Fsp3) is 0.190. The summed E-state index contributed by atoms with van der Waals surface area (Å²) in [4.78, 5) is 22.5. The monoisotopic (exact) mass is 363 g/mol. The molecule has 0 saturated heterocycles. The van der Waals surface area contributed by atoms with Gasteiger partial charge in [-0.15, -0.1) is 0 Å². The molecule has 3 rings (SSSR count). The Labute approximate surface area is 157 Å². The fourth-order valence-corrected chi connectivity index (χ4v) is 3.20. The molecule has 0 unspecified atom stereocenters. The number of carbonyl (C=O) groups excluding carboxylic acids is 1. The van der Waals surface area contributed by atoms with Gasteiger partial charge in [-0.05, 0) is 31.9 Å². The minimum atomic E-state index is -0.506. The van der Waals surface area contributed by atoms with E-state index in [-0.39, 0.29) is 5.69 Å². The van der Waals surface area contributed by atoms with Crippen LogP contribution in [0.15, 0.2) is 54.6 Å². The summed E-state index contributed by atoms with van der Waals surface area (Å²) in [6.45, 7) is 4.52. The number of hydrogen-bond donors (Lipinski definition) is 1. The summed E-state index contributed by atoms with van der Waals surface area (Å²) in [5, 5.41) is 11.1. The first-order valence-electron chi connectivity index (χ1n) is 8.67. The van der Waals surface area contributed by atoms with E-state index in [1.165, 1.54) is 23.3 Å². The molecule has 2 aromatic carbocycles. The lowest BCUT2D eigenvalue weighted by atomic mass is 10.1. The first-order valence-corrected chi connectivity index (χ1v) is 8.67. The number of non-ortho nitro benzene ring substituents is 1. The molecule has 27 heavy (non-hydrogen) atoms. The van der Waals surface area contributed by atoms with Crippen LogP contribution < -0.4 is 5.73 Å². The highest BCUT2D eigenvalue weighted by Crippen LogP contribution is 2.29. The summed E-state index contributed by atoms with van der Waals surface area (Å²) in [6, 6.07) is 16.4. The molecule has 3 aromatic rings. The SMILES string of the molecule is Cc1ccc(CCn2c(-c3cccc([N+](=O)[O-])c3)cc(C(N)=O)c2C)cc1. The summed E-state index contributed by atoms with van der Waals surface area (Å²) in [7, 11) is 0. The first kappa shape index (κ1) is 18.4. The number of amides is 1. The van der Waals surface area contributed by atoms with Crippen LogP contribution in [0.25, 0.3) is 11.3 Å². The van der Waals surface area contributed by atoms with Crippen LogP contribution >= 0.6 is 0 Å². The highest BCUT2D eigenvalue weighted by molar-refractivity contribution is 5.95. The largest absolute Gasteiger partial charge is 0.366 e. The predicted octanol–water partition coefficient (Wildman–Crippen LogP) is 4.02. The maximum absolute atomic E-state index is 11.8. The van der Waals surface area contributed by atoms with E-state index in [4.69, 9.17) is 5.73 Å². The van der Waals surface area contributed by atoms with Gasteiger partial charge in [-0.2, -0.15) is 0 Å². The van der Waals surface area contributed by atoms with Crippen LogP contribution in [0.3, 0.4) is 0 Å². The second-order valence-corrected chi connectivity index (χ2v) is 6.59. The van der Waals surface area contributed by atoms with E-state index in [1.807, 2.05) is 18.4 Å². The number of aryl methyl sites for hydroxylation is 2. The van der Waals surface area contributed by atoms with Crippen LogP contribution in [0.5, 0.6) is 0 Å². The molecular formula is C21H21N3O3. The summed E-state index contributed by atoms with van der Waals surface area (Å²) in [5.74, 6) is -0.506. The highest BCUT2D eigenvalue weighted by atomic mass is 16.6. The molecule has 0 saturated carbocycles. The lowest BCUT2D eigenvalue weighted by molar-refractivity contribution is -0.384. The van der Waals surface area contributed by atoms with Crippen molar-refractivity contribution < 1.29 is 9.72 Å². The molecule has 0 radical (unpaired) electrons. The summed E-state index contributed by atoms with van der Waals surface area (Å²) >= 11 is 0. The molecule has 1 heterocycles. The highest BCUT2D eigenvalue weighted by Gasteiger charge is 2.18. The van der Waals surface area contributed by atoms with E-state index in [0.717, 1.165) is 17.8 Å². The van der Waals surface area contributed by atoms with E-state index in [0.29, 0.717) is 17.7 Å². The van der Waals surface area contributed by atoms with Crippen LogP contribution in [0.4, 0.5) is 5.69 Å². The molecule has 1 aromatic heterocycles. The van der Waals surface area contributed by atoms with Gasteiger partial charge in [0.15, 0.2) is 0 Å². The summed E-state index contributed by atoms with van der Waals surface area (Å²) < 4.78 is 2.00. The molecule has 0 atom stereocenters. The molecule has 138 valence electrons. The zero-order valence-electron chi connectivity index (χ0n) is 15.3. The third-order valence-electron chi connectivity index (χ3n) is 4.73. The van der Waals surface area contributed by atoms with E-state index in [1.54, 1.807) is 18.2 Å². The Morgan fingerprint density at radius 2 is 1.81 bits per heavy atom. The quantitative estimate of drug-likeness (QED) is 0.529. The van der Waals surface area contributed by atoms with E-state index in [2.05, 4.69) is 24.3 Å². The third kappa shape index (κ3) is 3.89. The van der Waals surface area contributed by atoms with Gasteiger partial charge in [0.1, 0.15) is 0 Å². The molecule has 6 nitrogen and oxygen atoms in total. The van der Waals surface area contributed by atoms with Crippen molar-refractivity contribution >= 4 is 11.6 Å². The molecule has 0 fully saturated rings. The van der Waals surface area contributed by atoms with E-state index < -0.39 is 10.8 Å². The van der Waals surface area contributed by atoms with Crippen LogP contribution in [0, 0.1) is 24.0 Å². The van der Waals surface area contributed by atoms with Crippen molar-refractivity contribution in [3.05, 3.63) is 87.1 Å². The Kier molecular flexibility index (Phi) is 5.07. The zero-order valence-corrected chi connectivity index (χ0v) is 15.3. The number of aromatic nitrogens is 1. The van der Waals surface area contributed by atoms with Crippen molar-refractivity contribution in [2.75, 3.05) is 0 Å². The average molecular weight is 363 g/mol. The van der Waals surface area contributed by atoms with E-state index in [9.17, 15) is 14.9 Å². The number of hydrogen-bond acceptors (Lipinski definition) is 3. The van der Waals surface area contributed by atoms with Gasteiger partial charge in [0.2, 0.25) is 0 Å². The molecule has 6 heteroatoms. The Bertz CT molecular complexity index is 1000. The Morgan fingerprint density at radius 1 is 1.11 bits per heavy atom. The first-order chi connectivity index (χ1) is 12.9. The molecule has 2 N–H and O–H groups in total. The van der Waals surface area contributed by atoms with Crippen molar-refractivity contribution in [2.24, 2.45) is 5.73 Å². The number of primary amides is 1. The smallest absolute Gasteiger partial charge is 0.270 e. The minimum absolute atomic E-state index is 0.0112. The third-order valence-corrected chi connectivity index (χ3v) is 4.73. The van der Waals surface area contributed by atoms with Gasteiger partial charge >= 0.3 is 0 Å². The molecule has 0 spiro atoms. The van der Waals surface area contributed by atoms with Crippen molar-refractivity contribution in [1.29, 1.82) is 0 Å². The van der Waals surface area contributed by atoms with Gasteiger partial charge < -0.3 is 10.3 Å². The lowest BCUT2D eigenvalue weighted by Gasteiger charge is -2.12. The van der Waals surface area contributed by atoms with Gasteiger partial charge in [0, 0.05) is 35.6 Å². The number of carbonyl (C=O) groups is 1. The maximum Gasteiger partial charge on any atom is 0.270 e. The van der Waals surface area contributed by atoms with Crippen LogP contribution in [0.2, 0.25) is 0 Å². The van der Waals surface area contributed by atoms with E-state index >= 15 is 0 Å². The molecule has 0 aliphatic carbocycles. The standard InChI is InChI=1S/C21H21N3O3/c1-14-6-8-16(9-7-14)10-11-23-15(2)19(21(22)25)13-20(23)17-4-3-5-18(12-17)24(26)27/h3-9,12-13H,10-11H2,1-2H3,(H2,22,25). The Hall–Kier alpha value is -3.41. The second-order valence-electron chi connectivity index (χ2n) is 6.59. The number of nitrogens with two attached hydrogens (primary N) is 1. The predicted molar refractivity (Wildman–Crippen MR) is 105 cm³/mol. The number of nitro benzene ring substituents is 1. The summed E-state index contributed by atoms with van der Waals surface area (Å²) in [5.41, 5.74) is 10.5. The number of benzene rings is 2. The van der Waals surface area contributed by atoms with Gasteiger partial charge in [-0.3, -0.25) is 14.9 Å². The molecule has 0 aliphatic rings. The molecule has 0 aliphatic heterocycles. The van der Waals surface area contributed by atoms with Gasteiger partial charge in [-0.1, -0.05) is 42.0 Å². The average Bonchev–Trinajstić information content (AvgIpc) is 2.98. The van der Waals surface area contributed by atoms with Crippen molar-refractivity contribution in [1.82, 2.24) is 4.57 Å². The number of rotatable bonds is 6. The molecular weight excluding hydrogens is 342 g/mol. The van der Waals surface area contributed by atoms with Gasteiger partial charge in [0.25, 0.3) is 11.6 Å². The van der Waals surface area contributed by atoms with Crippen LogP contribution in [-0.4, -0.2) is 15.4 Å². The zero-order chi connectivity index (χ0) is 19.6. The number of nitro groups is 1. The van der Waals surface area contributed by atoms with Gasteiger partial charge in [0.05, 0.1) is 10.5 Å². The topological polar surface area (TPSA) is 91.2 Å². The Balaban J connectivity index is 2.01. The van der Waals surface area contributed by atoms with Gasteiger partial charge in [-0.25, -0.2) is 0 Å². The minimum Gasteiger partial charge on any atom is -0.366 e. The fourth-order valence-electron chi connectivity index (χ4n) is 3.20. The normalized spacial score (nSPS) is 10.7. The van der Waals surface area contributed by atoms with Crippen LogP contribution in [0.1, 0.15) is 27.2 Å². The number of nitrogens with zero attached hydrogens (tertiary/aromatic N) is 2. The lowest BCUT2D eigenvalue weighted by Crippen LogP contribution is -2.13. The maximum atomic E-state index is 11.8. The second kappa shape index (κ2) is 7.45. The van der Waals surface area contributed by atoms with Crippen molar-refractivity contribution in [2.45, 2.75) is 26.8 Å². The van der Waals surface area contributed by atoms with Crippen LogP contribution in [-0.2, 0) is 13.0 Å². The summed E-state index contributed by atoms with van der Waals surface area (Å²) in [6.07, 6.45) is 0.774. The van der Waals surface area contributed by atoms with Crippen molar-refractivity contribution in [3.8, 4) is 11.3 Å². The molecule has 1 amide bonds.